The molecular formula is C10H12ClNO2. The van der Waals surface area contributed by atoms with Gasteiger partial charge in [-0.1, -0.05) is 12.1 Å². The first kappa shape index (κ1) is 10.9. The van der Waals surface area contributed by atoms with E-state index in [-0.39, 0.29) is 5.88 Å². The zero-order valence-corrected chi connectivity index (χ0v) is 8.67. The highest BCUT2D eigenvalue weighted by atomic mass is 35.5. The van der Waals surface area contributed by atoms with Crippen LogP contribution in [0.1, 0.15) is 22.8 Å². The lowest BCUT2D eigenvalue weighted by Gasteiger charge is -2.08. The molecule has 0 aliphatic rings. The summed E-state index contributed by atoms with van der Waals surface area (Å²) in [6, 6.07) is 5.17. The molecule has 3 nitrogen and oxygen atoms in total. The summed E-state index contributed by atoms with van der Waals surface area (Å²) in [5.74, 6) is -0.166. The molecule has 14 heavy (non-hydrogen) atoms. The molecule has 4 heteroatoms. The zero-order valence-electron chi connectivity index (χ0n) is 7.92. The van der Waals surface area contributed by atoms with Crippen molar-refractivity contribution in [1.82, 2.24) is 0 Å². The molecule has 0 radical (unpaired) electrons. The molecule has 0 saturated heterocycles. The van der Waals surface area contributed by atoms with Crippen molar-refractivity contribution in [2.45, 2.75) is 12.8 Å². The highest BCUT2D eigenvalue weighted by Crippen LogP contribution is 2.19. The molecule has 0 aliphatic carbocycles. The fourth-order valence-corrected chi connectivity index (χ4v) is 1.41. The third-order valence-electron chi connectivity index (χ3n) is 1.81. The summed E-state index contributed by atoms with van der Waals surface area (Å²) >= 11 is 5.68. The van der Waals surface area contributed by atoms with Crippen LogP contribution < -0.4 is 5.73 Å². The van der Waals surface area contributed by atoms with E-state index in [0.29, 0.717) is 23.4 Å². The fraction of sp³-hybridized carbons (Fsp3) is 0.300. The summed E-state index contributed by atoms with van der Waals surface area (Å²) in [5, 5.41) is 0. The molecule has 0 fully saturated rings. The first-order chi connectivity index (χ1) is 6.70. The second-order valence-electron chi connectivity index (χ2n) is 2.74. The van der Waals surface area contributed by atoms with E-state index in [2.05, 4.69) is 0 Å². The topological polar surface area (TPSA) is 52.3 Å². The summed E-state index contributed by atoms with van der Waals surface area (Å²) in [7, 11) is 0. The van der Waals surface area contributed by atoms with Gasteiger partial charge in [-0.05, 0) is 18.6 Å². The van der Waals surface area contributed by atoms with Crippen LogP contribution in [0, 0.1) is 0 Å². The Morgan fingerprint density at radius 1 is 1.57 bits per heavy atom. The third kappa shape index (κ3) is 2.17. The molecule has 0 heterocycles. The smallest absolute Gasteiger partial charge is 0.340 e. The Morgan fingerprint density at radius 3 is 2.86 bits per heavy atom. The van der Waals surface area contributed by atoms with Crippen LogP contribution in [0.4, 0.5) is 5.69 Å². The molecule has 0 atom stereocenters. The maximum Gasteiger partial charge on any atom is 0.340 e. The molecule has 0 amide bonds. The number of carbonyl (C=O) groups excluding carboxylic acids is 1. The van der Waals surface area contributed by atoms with E-state index >= 15 is 0 Å². The normalized spacial score (nSPS) is 9.86. The SMILES string of the molecule is CCOC(=O)c1c(N)cccc1CCl. The number of halogens is 1. The number of nitrogens with two attached hydrogens (primary N) is 1. The lowest BCUT2D eigenvalue weighted by Crippen LogP contribution is -2.10. The van der Waals surface area contributed by atoms with Gasteiger partial charge in [0, 0.05) is 11.6 Å². The number of esters is 1. The zero-order chi connectivity index (χ0) is 10.6. The Balaban J connectivity index is 3.10. The van der Waals surface area contributed by atoms with Gasteiger partial charge < -0.3 is 10.5 Å². The second-order valence-corrected chi connectivity index (χ2v) is 3.00. The molecule has 0 bridgehead atoms. The van der Waals surface area contributed by atoms with Crippen molar-refractivity contribution in [2.75, 3.05) is 12.3 Å². The van der Waals surface area contributed by atoms with Gasteiger partial charge in [0.05, 0.1) is 12.2 Å². The number of hydrogen-bond acceptors (Lipinski definition) is 3. The molecule has 1 rings (SSSR count). The monoisotopic (exact) mass is 213 g/mol. The van der Waals surface area contributed by atoms with Gasteiger partial charge in [-0.25, -0.2) is 4.79 Å². The minimum atomic E-state index is -0.416. The molecular weight excluding hydrogens is 202 g/mol. The van der Waals surface area contributed by atoms with Gasteiger partial charge in [0.2, 0.25) is 0 Å². The van der Waals surface area contributed by atoms with Gasteiger partial charge in [-0.3, -0.25) is 0 Å². The van der Waals surface area contributed by atoms with Crippen LogP contribution in [0.3, 0.4) is 0 Å². The number of rotatable bonds is 3. The maximum atomic E-state index is 11.5. The first-order valence-electron chi connectivity index (χ1n) is 4.31. The van der Waals surface area contributed by atoms with Crippen molar-refractivity contribution < 1.29 is 9.53 Å². The van der Waals surface area contributed by atoms with Crippen LogP contribution in [0.25, 0.3) is 0 Å². The average Bonchev–Trinajstić information content (AvgIpc) is 2.17. The molecule has 2 N–H and O–H groups in total. The number of anilines is 1. The van der Waals surface area contributed by atoms with Gasteiger partial charge in [0.15, 0.2) is 0 Å². The number of ether oxygens (including phenoxy) is 1. The molecule has 0 aliphatic heterocycles. The molecule has 76 valence electrons. The fourth-order valence-electron chi connectivity index (χ4n) is 1.18. The number of carbonyl (C=O) groups is 1. The van der Waals surface area contributed by atoms with Crippen molar-refractivity contribution in [2.24, 2.45) is 0 Å². The van der Waals surface area contributed by atoms with Crippen LogP contribution in [0.5, 0.6) is 0 Å². The lowest BCUT2D eigenvalue weighted by molar-refractivity contribution is 0.0526. The first-order valence-corrected chi connectivity index (χ1v) is 4.84. The van der Waals surface area contributed by atoms with Crippen molar-refractivity contribution >= 4 is 23.3 Å². The van der Waals surface area contributed by atoms with Gasteiger partial charge in [-0.2, -0.15) is 0 Å². The number of nitrogen functional groups attached to an aromatic ring is 1. The lowest BCUT2D eigenvalue weighted by atomic mass is 10.1. The molecule has 0 saturated carbocycles. The standard InChI is InChI=1S/C10H12ClNO2/c1-2-14-10(13)9-7(6-11)4-3-5-8(9)12/h3-5H,2,6,12H2,1H3. The largest absolute Gasteiger partial charge is 0.462 e. The van der Waals surface area contributed by atoms with E-state index in [9.17, 15) is 4.79 Å². The summed E-state index contributed by atoms with van der Waals surface area (Å²) in [4.78, 5) is 11.5. The third-order valence-corrected chi connectivity index (χ3v) is 2.09. The van der Waals surface area contributed by atoms with Crippen molar-refractivity contribution in [1.29, 1.82) is 0 Å². The van der Waals surface area contributed by atoms with E-state index < -0.39 is 5.97 Å². The minimum absolute atomic E-state index is 0.249. The molecule has 0 aromatic heterocycles. The molecule has 0 spiro atoms. The van der Waals surface area contributed by atoms with Gasteiger partial charge in [0.25, 0.3) is 0 Å². The second kappa shape index (κ2) is 4.86. The van der Waals surface area contributed by atoms with Crippen LogP contribution in [0.15, 0.2) is 18.2 Å². The predicted molar refractivity (Wildman–Crippen MR) is 56.4 cm³/mol. The highest BCUT2D eigenvalue weighted by molar-refractivity contribution is 6.18. The Hall–Kier alpha value is -1.22. The van der Waals surface area contributed by atoms with Gasteiger partial charge >= 0.3 is 5.97 Å². The number of alkyl halides is 1. The van der Waals surface area contributed by atoms with Crippen molar-refractivity contribution in [3.05, 3.63) is 29.3 Å². The Labute approximate surface area is 87.8 Å². The summed E-state index contributed by atoms with van der Waals surface area (Å²) in [6.07, 6.45) is 0. The Kier molecular flexibility index (Phi) is 3.77. The predicted octanol–water partition coefficient (Wildman–Crippen LogP) is 2.18. The van der Waals surface area contributed by atoms with Crippen molar-refractivity contribution in [3.63, 3.8) is 0 Å². The van der Waals surface area contributed by atoms with Crippen LogP contribution in [0.2, 0.25) is 0 Å². The molecule has 1 aromatic rings. The van der Waals surface area contributed by atoms with Crippen LogP contribution in [-0.4, -0.2) is 12.6 Å². The summed E-state index contributed by atoms with van der Waals surface area (Å²) < 4.78 is 4.87. The Bertz CT molecular complexity index is 339. The highest BCUT2D eigenvalue weighted by Gasteiger charge is 2.14. The number of hydrogen-bond donors (Lipinski definition) is 1. The summed E-state index contributed by atoms with van der Waals surface area (Å²) in [6.45, 7) is 2.08. The maximum absolute atomic E-state index is 11.5. The van der Waals surface area contributed by atoms with E-state index in [4.69, 9.17) is 22.1 Å². The van der Waals surface area contributed by atoms with E-state index in [0.717, 1.165) is 0 Å². The average molecular weight is 214 g/mol. The summed E-state index contributed by atoms with van der Waals surface area (Å²) in [5.41, 5.74) is 7.15. The number of benzene rings is 1. The van der Waals surface area contributed by atoms with E-state index in [1.165, 1.54) is 0 Å². The van der Waals surface area contributed by atoms with E-state index in [1.54, 1.807) is 25.1 Å². The van der Waals surface area contributed by atoms with Crippen LogP contribution >= 0.6 is 11.6 Å². The van der Waals surface area contributed by atoms with Crippen molar-refractivity contribution in [3.8, 4) is 0 Å². The Morgan fingerprint density at radius 2 is 2.29 bits per heavy atom. The minimum Gasteiger partial charge on any atom is -0.462 e. The van der Waals surface area contributed by atoms with Gasteiger partial charge in [-0.15, -0.1) is 11.6 Å². The van der Waals surface area contributed by atoms with Gasteiger partial charge in [0.1, 0.15) is 0 Å². The van der Waals surface area contributed by atoms with E-state index in [1.807, 2.05) is 0 Å². The molecule has 1 aromatic carbocycles. The quantitative estimate of drug-likeness (QED) is 0.476. The molecule has 0 unspecified atom stereocenters. The van der Waals surface area contributed by atoms with Crippen LogP contribution in [-0.2, 0) is 10.6 Å².